The van der Waals surface area contributed by atoms with Crippen molar-refractivity contribution >= 4 is 28.9 Å². The number of hydrogen-bond donors (Lipinski definition) is 3. The number of nitrogens with one attached hydrogen (secondary N) is 3. The number of rotatable bonds is 8. The van der Waals surface area contributed by atoms with Crippen molar-refractivity contribution < 1.29 is 14.6 Å². The van der Waals surface area contributed by atoms with Gasteiger partial charge in [0.2, 0.25) is 17.5 Å². The Bertz CT molecular complexity index is 1100. The molecule has 0 radical (unpaired) electrons. The van der Waals surface area contributed by atoms with Crippen LogP contribution in [0.2, 0.25) is 0 Å². The number of nitro benzene ring substituents is 1. The second-order valence-electron chi connectivity index (χ2n) is 9.77. The van der Waals surface area contributed by atoms with E-state index in [1.807, 2.05) is 0 Å². The molecule has 0 spiro atoms. The average molecular weight is 467 g/mol. The highest BCUT2D eigenvalue weighted by atomic mass is 16.6. The first-order valence-corrected chi connectivity index (χ1v) is 11.4. The first kappa shape index (κ1) is 22.0. The number of nitrogens with zero attached hydrogens (tertiary/aromatic N) is 4. The number of hydrazine groups is 1. The summed E-state index contributed by atoms with van der Waals surface area (Å²) in [5.74, 6) is 1.57. The number of non-ortho nitro benzene ring substituents is 1. The smallest absolute Gasteiger partial charge is 0.354 e. The summed E-state index contributed by atoms with van der Waals surface area (Å²) >= 11 is 0. The highest BCUT2D eigenvalue weighted by Gasteiger charge is 2.51. The summed E-state index contributed by atoms with van der Waals surface area (Å²) in [5.41, 5.74) is 4.98. The van der Waals surface area contributed by atoms with Gasteiger partial charge in [0.1, 0.15) is 6.33 Å². The van der Waals surface area contributed by atoms with Crippen LogP contribution in [0, 0.1) is 38.0 Å². The fraction of sp³-hybridized carbons (Fsp3) is 0.500. The average Bonchev–Trinajstić information content (AvgIpc) is 2.76. The van der Waals surface area contributed by atoms with Crippen LogP contribution in [0.1, 0.15) is 44.1 Å². The maximum absolute atomic E-state index is 12.3. The van der Waals surface area contributed by atoms with Crippen LogP contribution in [-0.4, -0.2) is 31.3 Å². The van der Waals surface area contributed by atoms with E-state index in [-0.39, 0.29) is 35.0 Å². The molecule has 0 saturated heterocycles. The third-order valence-electron chi connectivity index (χ3n) is 7.26. The molecule has 34 heavy (non-hydrogen) atoms. The van der Waals surface area contributed by atoms with Crippen LogP contribution in [0.25, 0.3) is 0 Å². The van der Waals surface area contributed by atoms with E-state index in [0.29, 0.717) is 23.3 Å². The first-order chi connectivity index (χ1) is 16.3. The molecule has 4 aliphatic carbocycles. The Morgan fingerprint density at radius 1 is 0.941 bits per heavy atom. The van der Waals surface area contributed by atoms with Gasteiger partial charge in [-0.1, -0.05) is 12.1 Å². The lowest BCUT2D eigenvalue weighted by atomic mass is 9.53. The van der Waals surface area contributed by atoms with Crippen molar-refractivity contribution in [3.05, 3.63) is 56.4 Å². The van der Waals surface area contributed by atoms with Gasteiger partial charge in [0.05, 0.1) is 16.3 Å². The zero-order valence-corrected chi connectivity index (χ0v) is 18.4. The summed E-state index contributed by atoms with van der Waals surface area (Å²) in [6, 6.07) is 5.60. The molecule has 0 atom stereocenters. The molecule has 4 saturated carbocycles. The topological polar surface area (TPSA) is 165 Å². The predicted molar refractivity (Wildman–Crippen MR) is 122 cm³/mol. The summed E-state index contributed by atoms with van der Waals surface area (Å²) in [4.78, 5) is 42.1. The maximum Gasteiger partial charge on any atom is 0.354 e. The molecule has 1 aromatic heterocycles. The Balaban J connectivity index is 1.28. The van der Waals surface area contributed by atoms with Crippen LogP contribution >= 0.6 is 0 Å². The predicted octanol–water partition coefficient (Wildman–Crippen LogP) is 3.36. The van der Waals surface area contributed by atoms with E-state index < -0.39 is 15.8 Å². The number of hydrogen-bond acceptors (Lipinski definition) is 9. The molecule has 1 aromatic carbocycles. The summed E-state index contributed by atoms with van der Waals surface area (Å²) < 4.78 is 0. The molecule has 4 aliphatic rings. The van der Waals surface area contributed by atoms with Crippen LogP contribution in [0.4, 0.5) is 23.0 Å². The molecule has 6 rings (SSSR count). The molecule has 3 N–H and O–H groups in total. The number of aromatic nitrogens is 2. The lowest BCUT2D eigenvalue weighted by molar-refractivity contribution is -0.384. The molecular weight excluding hydrogens is 442 g/mol. The van der Waals surface area contributed by atoms with Crippen molar-refractivity contribution in [2.75, 3.05) is 10.7 Å². The van der Waals surface area contributed by atoms with Gasteiger partial charge in [-0.25, -0.2) is 9.97 Å². The molecule has 0 aliphatic heterocycles. The monoisotopic (exact) mass is 467 g/mol. The van der Waals surface area contributed by atoms with Crippen molar-refractivity contribution in [1.29, 1.82) is 0 Å². The van der Waals surface area contributed by atoms with Crippen LogP contribution in [-0.2, 0) is 11.2 Å². The van der Waals surface area contributed by atoms with Crippen molar-refractivity contribution in [3.8, 4) is 0 Å². The zero-order valence-electron chi connectivity index (χ0n) is 18.4. The Kier molecular flexibility index (Phi) is 5.50. The van der Waals surface area contributed by atoms with Crippen LogP contribution in [0.3, 0.4) is 0 Å². The SMILES string of the molecule is O=C(Cc1ccc([N+](=O)[O-])cc1)NNc1ncnc(NC23CC4CC(CC(C4)C2)C3)c1[N+](=O)[O-]. The minimum absolute atomic E-state index is 0.0672. The second-order valence-corrected chi connectivity index (χ2v) is 9.77. The van der Waals surface area contributed by atoms with Crippen molar-refractivity contribution in [3.63, 3.8) is 0 Å². The molecule has 0 unspecified atom stereocenters. The van der Waals surface area contributed by atoms with Crippen LogP contribution in [0.5, 0.6) is 0 Å². The van der Waals surface area contributed by atoms with Gasteiger partial charge in [0.15, 0.2) is 0 Å². The Morgan fingerprint density at radius 2 is 1.53 bits per heavy atom. The molecule has 12 nitrogen and oxygen atoms in total. The largest absolute Gasteiger partial charge is 0.359 e. The summed E-state index contributed by atoms with van der Waals surface area (Å²) in [5, 5.41) is 26.1. The van der Waals surface area contributed by atoms with E-state index in [1.54, 1.807) is 0 Å². The fourth-order valence-corrected chi connectivity index (χ4v) is 6.34. The standard InChI is InChI=1S/C22H25N7O5/c30-18(8-13-1-3-17(4-2-13)28(31)32)26-27-21-19(29(33)34)20(23-12-24-21)25-22-9-14-5-15(10-22)7-16(6-14)11-22/h1-4,12,14-16H,5-11H2,(H,26,30)(H2,23,24,25,27). The Hall–Kier alpha value is -3.83. The zero-order chi connectivity index (χ0) is 23.9. The van der Waals surface area contributed by atoms with E-state index in [1.165, 1.54) is 49.9 Å². The Labute approximate surface area is 194 Å². The maximum atomic E-state index is 12.3. The van der Waals surface area contributed by atoms with Crippen molar-refractivity contribution in [2.24, 2.45) is 17.8 Å². The van der Waals surface area contributed by atoms with Crippen molar-refractivity contribution in [2.45, 2.75) is 50.5 Å². The van der Waals surface area contributed by atoms with Gasteiger partial charge >= 0.3 is 5.69 Å². The minimum atomic E-state index is -0.548. The van der Waals surface area contributed by atoms with Gasteiger partial charge in [-0.05, 0) is 61.8 Å². The third-order valence-corrected chi connectivity index (χ3v) is 7.26. The van der Waals surface area contributed by atoms with E-state index >= 15 is 0 Å². The van der Waals surface area contributed by atoms with Gasteiger partial charge in [-0.15, -0.1) is 0 Å². The number of anilines is 2. The summed E-state index contributed by atoms with van der Waals surface area (Å²) in [7, 11) is 0. The van der Waals surface area contributed by atoms with E-state index in [2.05, 4.69) is 26.1 Å². The van der Waals surface area contributed by atoms with Gasteiger partial charge in [0.25, 0.3) is 5.69 Å². The van der Waals surface area contributed by atoms with Gasteiger partial charge in [-0.2, -0.15) is 0 Å². The van der Waals surface area contributed by atoms with Crippen molar-refractivity contribution in [1.82, 2.24) is 15.4 Å². The lowest BCUT2D eigenvalue weighted by Crippen LogP contribution is -2.55. The minimum Gasteiger partial charge on any atom is -0.359 e. The second kappa shape index (κ2) is 8.50. The molecule has 178 valence electrons. The van der Waals surface area contributed by atoms with E-state index in [9.17, 15) is 25.0 Å². The molecule has 1 heterocycles. The highest BCUT2D eigenvalue weighted by molar-refractivity contribution is 5.81. The molecule has 4 bridgehead atoms. The third kappa shape index (κ3) is 4.35. The number of amides is 1. The molecule has 2 aromatic rings. The molecule has 12 heteroatoms. The van der Waals surface area contributed by atoms with E-state index in [0.717, 1.165) is 19.3 Å². The number of carbonyl (C=O) groups is 1. The van der Waals surface area contributed by atoms with Gasteiger partial charge < -0.3 is 5.32 Å². The van der Waals surface area contributed by atoms with Crippen LogP contribution < -0.4 is 16.2 Å². The number of carbonyl (C=O) groups excluding carboxylic acids is 1. The van der Waals surface area contributed by atoms with Gasteiger partial charge in [0, 0.05) is 17.7 Å². The number of benzene rings is 1. The first-order valence-electron chi connectivity index (χ1n) is 11.4. The fourth-order valence-electron chi connectivity index (χ4n) is 6.34. The summed E-state index contributed by atoms with van der Waals surface area (Å²) in [6.07, 6.45) is 7.91. The summed E-state index contributed by atoms with van der Waals surface area (Å²) in [6.45, 7) is 0. The normalized spacial score (nSPS) is 26.6. The highest BCUT2D eigenvalue weighted by Crippen LogP contribution is 2.56. The van der Waals surface area contributed by atoms with Crippen LogP contribution in [0.15, 0.2) is 30.6 Å². The van der Waals surface area contributed by atoms with Gasteiger partial charge in [-0.3, -0.25) is 35.9 Å². The quantitative estimate of drug-likeness (QED) is 0.390. The molecule has 4 fully saturated rings. The van der Waals surface area contributed by atoms with E-state index in [4.69, 9.17) is 0 Å². The lowest BCUT2D eigenvalue weighted by Gasteiger charge is -2.57. The molecule has 1 amide bonds. The Morgan fingerprint density at radius 3 is 2.09 bits per heavy atom. The number of nitro groups is 2. The molecular formula is C22H25N7O5.